The van der Waals surface area contributed by atoms with Crippen LogP contribution in [0.25, 0.3) is 0 Å². The molecule has 32 heavy (non-hydrogen) atoms. The van der Waals surface area contributed by atoms with Crippen LogP contribution < -0.4 is 21.1 Å². The minimum atomic E-state index is -1.50. The smallest absolute Gasteiger partial charge is 0.257 e. The molecule has 3 aromatic carbocycles. The van der Waals surface area contributed by atoms with Gasteiger partial charge in [-0.25, -0.2) is 4.21 Å². The van der Waals surface area contributed by atoms with Crippen molar-refractivity contribution in [1.29, 1.82) is 0 Å². The standard InChI is InChI=1S/C24H26N4O3S/c1-24(2,3)23(30)27-17-8-10-18(11-9-17)28-32(31)19-14-12-16(13-15-19)26-22(29)20-6-4-5-7-21(20)25/h4-15,28H,25H2,1-3H3,(H,26,29)(H,27,30). The minimum absolute atomic E-state index is 0.0797. The summed E-state index contributed by atoms with van der Waals surface area (Å²) in [6.07, 6.45) is 0. The number of nitrogen functional groups attached to an aromatic ring is 1. The molecule has 0 bridgehead atoms. The topological polar surface area (TPSA) is 113 Å². The third-order valence-corrected chi connectivity index (χ3v) is 5.69. The van der Waals surface area contributed by atoms with E-state index in [1.165, 1.54) is 0 Å². The number of rotatable bonds is 6. The van der Waals surface area contributed by atoms with Crippen LogP contribution in [-0.4, -0.2) is 16.0 Å². The number of hydrogen-bond donors (Lipinski definition) is 4. The molecule has 3 rings (SSSR count). The van der Waals surface area contributed by atoms with Crippen LogP contribution in [0.15, 0.2) is 77.7 Å². The maximum absolute atomic E-state index is 12.6. The summed E-state index contributed by atoms with van der Waals surface area (Å²) in [5, 5.41) is 5.62. The molecule has 5 N–H and O–H groups in total. The van der Waals surface area contributed by atoms with E-state index in [1.54, 1.807) is 72.8 Å². The van der Waals surface area contributed by atoms with Gasteiger partial charge in [0.2, 0.25) is 5.91 Å². The zero-order valence-corrected chi connectivity index (χ0v) is 19.0. The lowest BCUT2D eigenvalue weighted by Gasteiger charge is -2.17. The van der Waals surface area contributed by atoms with Gasteiger partial charge in [-0.05, 0) is 60.7 Å². The summed E-state index contributed by atoms with van der Waals surface area (Å²) in [5.74, 6) is -0.391. The van der Waals surface area contributed by atoms with E-state index in [0.29, 0.717) is 33.2 Å². The number of nitrogens with two attached hydrogens (primary N) is 1. The summed E-state index contributed by atoms with van der Waals surface area (Å²) in [5.41, 5.74) is 8.02. The molecule has 1 unspecified atom stereocenters. The molecule has 1 atom stereocenters. The highest BCUT2D eigenvalue weighted by atomic mass is 32.2. The lowest BCUT2D eigenvalue weighted by atomic mass is 9.95. The summed E-state index contributed by atoms with van der Waals surface area (Å²) in [7, 11) is -1.50. The second kappa shape index (κ2) is 9.65. The number of carbonyl (C=O) groups excluding carboxylic acids is 2. The molecule has 0 aliphatic carbocycles. The lowest BCUT2D eigenvalue weighted by molar-refractivity contribution is -0.123. The maximum atomic E-state index is 12.6. The summed E-state index contributed by atoms with van der Waals surface area (Å²) < 4.78 is 15.6. The molecule has 0 saturated carbocycles. The highest BCUT2D eigenvalue weighted by Gasteiger charge is 2.21. The molecule has 0 saturated heterocycles. The Hall–Kier alpha value is -3.65. The number of nitrogens with one attached hydrogen (secondary N) is 3. The van der Waals surface area contributed by atoms with E-state index in [0.717, 1.165) is 0 Å². The lowest BCUT2D eigenvalue weighted by Crippen LogP contribution is -2.27. The second-order valence-electron chi connectivity index (χ2n) is 8.22. The third kappa shape index (κ3) is 5.95. The predicted molar refractivity (Wildman–Crippen MR) is 130 cm³/mol. The van der Waals surface area contributed by atoms with Crippen LogP contribution >= 0.6 is 0 Å². The second-order valence-corrected chi connectivity index (χ2v) is 9.43. The van der Waals surface area contributed by atoms with Crippen molar-refractivity contribution in [3.63, 3.8) is 0 Å². The fraction of sp³-hybridized carbons (Fsp3) is 0.167. The molecule has 3 aromatic rings. The fourth-order valence-corrected chi connectivity index (χ4v) is 3.52. The average molecular weight is 451 g/mol. The highest BCUT2D eigenvalue weighted by molar-refractivity contribution is 7.86. The Morgan fingerprint density at radius 3 is 1.91 bits per heavy atom. The molecule has 0 aromatic heterocycles. The van der Waals surface area contributed by atoms with Crippen molar-refractivity contribution < 1.29 is 13.8 Å². The van der Waals surface area contributed by atoms with Gasteiger partial charge in [0.15, 0.2) is 0 Å². The van der Waals surface area contributed by atoms with Gasteiger partial charge in [-0.15, -0.1) is 0 Å². The van der Waals surface area contributed by atoms with Crippen molar-refractivity contribution in [3.05, 3.63) is 78.4 Å². The molecule has 7 nitrogen and oxygen atoms in total. The molecule has 0 radical (unpaired) electrons. The van der Waals surface area contributed by atoms with Crippen LogP contribution in [0.3, 0.4) is 0 Å². The molecular formula is C24H26N4O3S. The average Bonchev–Trinajstić information content (AvgIpc) is 2.75. The predicted octanol–water partition coefficient (Wildman–Crippen LogP) is 4.64. The van der Waals surface area contributed by atoms with Crippen molar-refractivity contribution in [3.8, 4) is 0 Å². The molecule has 166 valence electrons. The SMILES string of the molecule is CC(C)(C)C(=O)Nc1ccc(NS(=O)c2ccc(NC(=O)c3ccccc3N)cc2)cc1. The van der Waals surface area contributed by atoms with Crippen molar-refractivity contribution in [1.82, 2.24) is 0 Å². The van der Waals surface area contributed by atoms with E-state index in [4.69, 9.17) is 5.73 Å². The largest absolute Gasteiger partial charge is 0.398 e. The summed E-state index contributed by atoms with van der Waals surface area (Å²) in [6, 6.07) is 20.5. The molecule has 0 heterocycles. The number of anilines is 4. The summed E-state index contributed by atoms with van der Waals surface area (Å²) in [6.45, 7) is 5.53. The Labute approximate surface area is 190 Å². The summed E-state index contributed by atoms with van der Waals surface area (Å²) in [4.78, 5) is 25.0. The first-order valence-corrected chi connectivity index (χ1v) is 11.1. The van der Waals surface area contributed by atoms with E-state index < -0.39 is 16.4 Å². The maximum Gasteiger partial charge on any atom is 0.257 e. The number of para-hydroxylation sites is 1. The van der Waals surface area contributed by atoms with Gasteiger partial charge in [0.05, 0.1) is 10.5 Å². The number of amides is 2. The molecule has 0 fully saturated rings. The van der Waals surface area contributed by atoms with Gasteiger partial charge in [0.25, 0.3) is 5.91 Å². The number of carbonyl (C=O) groups is 2. The normalized spacial score (nSPS) is 12.0. The monoisotopic (exact) mass is 450 g/mol. The van der Waals surface area contributed by atoms with Crippen molar-refractivity contribution in [2.75, 3.05) is 21.1 Å². The first-order chi connectivity index (χ1) is 15.1. The van der Waals surface area contributed by atoms with E-state index >= 15 is 0 Å². The third-order valence-electron chi connectivity index (χ3n) is 4.57. The minimum Gasteiger partial charge on any atom is -0.398 e. The van der Waals surface area contributed by atoms with Crippen LogP contribution in [0.1, 0.15) is 31.1 Å². The van der Waals surface area contributed by atoms with E-state index in [9.17, 15) is 13.8 Å². The Bertz CT molecular complexity index is 1140. The Kier molecular flexibility index (Phi) is 6.95. The van der Waals surface area contributed by atoms with E-state index in [1.807, 2.05) is 20.8 Å². The Morgan fingerprint density at radius 2 is 1.31 bits per heavy atom. The Morgan fingerprint density at radius 1 is 0.781 bits per heavy atom. The zero-order valence-electron chi connectivity index (χ0n) is 18.1. The van der Waals surface area contributed by atoms with Crippen molar-refractivity contribution in [2.24, 2.45) is 5.41 Å². The highest BCUT2D eigenvalue weighted by Crippen LogP contribution is 2.21. The van der Waals surface area contributed by atoms with Gasteiger partial charge in [0, 0.05) is 28.2 Å². The quantitative estimate of drug-likeness (QED) is 0.410. The van der Waals surface area contributed by atoms with Gasteiger partial charge < -0.3 is 21.1 Å². The van der Waals surface area contributed by atoms with Gasteiger partial charge >= 0.3 is 0 Å². The molecular weight excluding hydrogens is 424 g/mol. The molecule has 2 amide bonds. The Balaban J connectivity index is 1.59. The van der Waals surface area contributed by atoms with Crippen LogP contribution in [0.2, 0.25) is 0 Å². The molecule has 0 aliphatic heterocycles. The van der Waals surface area contributed by atoms with Crippen LogP contribution in [0.4, 0.5) is 22.7 Å². The molecule has 8 heteroatoms. The fourth-order valence-electron chi connectivity index (χ4n) is 2.67. The molecule has 0 aliphatic rings. The van der Waals surface area contributed by atoms with E-state index in [-0.39, 0.29) is 11.8 Å². The first kappa shape index (κ1) is 23.0. The van der Waals surface area contributed by atoms with Crippen LogP contribution in [0, 0.1) is 5.41 Å². The van der Waals surface area contributed by atoms with Crippen LogP contribution in [-0.2, 0) is 15.8 Å². The van der Waals surface area contributed by atoms with Crippen molar-refractivity contribution in [2.45, 2.75) is 25.7 Å². The van der Waals surface area contributed by atoms with Gasteiger partial charge in [-0.3, -0.25) is 9.59 Å². The number of benzene rings is 3. The van der Waals surface area contributed by atoms with E-state index in [2.05, 4.69) is 15.4 Å². The summed E-state index contributed by atoms with van der Waals surface area (Å²) >= 11 is 0. The molecule has 0 spiro atoms. The van der Waals surface area contributed by atoms with Gasteiger partial charge in [0.1, 0.15) is 11.0 Å². The van der Waals surface area contributed by atoms with Gasteiger partial charge in [-0.2, -0.15) is 0 Å². The van der Waals surface area contributed by atoms with Crippen molar-refractivity contribution >= 4 is 45.5 Å². The van der Waals surface area contributed by atoms with Gasteiger partial charge in [-0.1, -0.05) is 32.9 Å². The van der Waals surface area contributed by atoms with Crippen LogP contribution in [0.5, 0.6) is 0 Å². The number of hydrogen-bond acceptors (Lipinski definition) is 4. The zero-order chi connectivity index (χ0) is 23.3. The first-order valence-electron chi connectivity index (χ1n) is 9.99.